The first kappa shape index (κ1) is 15.8. The van der Waals surface area contributed by atoms with Crippen LogP contribution in [0.1, 0.15) is 15.9 Å². The fourth-order valence-electron chi connectivity index (χ4n) is 2.77. The molecule has 0 fully saturated rings. The molecule has 0 aliphatic heterocycles. The lowest BCUT2D eigenvalue weighted by molar-refractivity contribution is 0.102. The number of hydrogen-bond donors (Lipinski definition) is 2. The number of carbonyl (C=O) groups is 1. The molecule has 1 aromatic carbocycles. The number of amides is 1. The molecular weight excluding hydrogens is 328 g/mol. The first-order chi connectivity index (χ1) is 12.6. The molecule has 0 unspecified atom stereocenters. The van der Waals surface area contributed by atoms with Crippen molar-refractivity contribution in [2.24, 2.45) is 0 Å². The average molecular weight is 344 g/mol. The Balaban J connectivity index is 1.56. The van der Waals surface area contributed by atoms with Gasteiger partial charge in [-0.25, -0.2) is 4.98 Å². The van der Waals surface area contributed by atoms with Gasteiger partial charge in [0.15, 0.2) is 0 Å². The lowest BCUT2D eigenvalue weighted by Crippen LogP contribution is -2.14. The molecule has 0 saturated heterocycles. The normalized spacial score (nSPS) is 10.8. The smallest absolute Gasteiger partial charge is 0.257 e. The molecule has 3 heterocycles. The maximum Gasteiger partial charge on any atom is 0.257 e. The van der Waals surface area contributed by atoms with Gasteiger partial charge in [0.2, 0.25) is 5.56 Å². The summed E-state index contributed by atoms with van der Waals surface area (Å²) in [6.45, 7) is 2.03. The van der Waals surface area contributed by atoms with Gasteiger partial charge in [-0.3, -0.25) is 9.59 Å². The van der Waals surface area contributed by atoms with Crippen molar-refractivity contribution < 1.29 is 4.79 Å². The number of nitrogens with one attached hydrogen (secondary N) is 2. The van der Waals surface area contributed by atoms with Crippen LogP contribution in [-0.2, 0) is 0 Å². The van der Waals surface area contributed by atoms with Crippen LogP contribution in [0.25, 0.3) is 16.9 Å². The van der Waals surface area contributed by atoms with E-state index in [0.29, 0.717) is 11.3 Å². The Morgan fingerprint density at radius 3 is 2.62 bits per heavy atom. The van der Waals surface area contributed by atoms with Gasteiger partial charge in [-0.2, -0.15) is 0 Å². The number of nitrogens with zero attached hydrogens (tertiary/aromatic N) is 2. The summed E-state index contributed by atoms with van der Waals surface area (Å²) in [4.78, 5) is 30.4. The van der Waals surface area contributed by atoms with Crippen molar-refractivity contribution in [3.63, 3.8) is 0 Å². The third kappa shape index (κ3) is 3.00. The van der Waals surface area contributed by atoms with Gasteiger partial charge < -0.3 is 14.7 Å². The van der Waals surface area contributed by atoms with Gasteiger partial charge in [0.05, 0.1) is 11.3 Å². The summed E-state index contributed by atoms with van der Waals surface area (Å²) in [7, 11) is 0. The molecular formula is C20H16N4O2. The van der Waals surface area contributed by atoms with Gasteiger partial charge >= 0.3 is 0 Å². The highest BCUT2D eigenvalue weighted by molar-refractivity contribution is 6.04. The largest absolute Gasteiger partial charge is 0.328 e. The molecule has 0 spiro atoms. The molecule has 3 aromatic heterocycles. The van der Waals surface area contributed by atoms with Crippen molar-refractivity contribution in [1.29, 1.82) is 0 Å². The van der Waals surface area contributed by atoms with E-state index in [-0.39, 0.29) is 11.5 Å². The second kappa shape index (κ2) is 6.33. The van der Waals surface area contributed by atoms with Gasteiger partial charge in [-0.15, -0.1) is 0 Å². The van der Waals surface area contributed by atoms with E-state index in [9.17, 15) is 9.59 Å². The number of fused-ring (bicyclic) bond motifs is 1. The maximum atomic E-state index is 12.2. The third-order valence-electron chi connectivity index (χ3n) is 4.16. The van der Waals surface area contributed by atoms with Crippen LogP contribution in [0, 0.1) is 6.92 Å². The number of benzene rings is 1. The summed E-state index contributed by atoms with van der Waals surface area (Å²) in [6.07, 6.45) is 5.35. The van der Waals surface area contributed by atoms with E-state index < -0.39 is 0 Å². The predicted octanol–water partition coefficient (Wildman–Crippen LogP) is 3.25. The number of pyridine rings is 2. The number of imidazole rings is 1. The molecule has 0 saturated carbocycles. The van der Waals surface area contributed by atoms with Gasteiger partial charge in [0.1, 0.15) is 5.65 Å². The van der Waals surface area contributed by atoms with Crippen LogP contribution in [0.3, 0.4) is 0 Å². The maximum absolute atomic E-state index is 12.2. The molecule has 128 valence electrons. The van der Waals surface area contributed by atoms with E-state index in [4.69, 9.17) is 0 Å². The summed E-state index contributed by atoms with van der Waals surface area (Å²) in [6, 6.07) is 14.3. The molecule has 4 aromatic rings. The fourth-order valence-corrected chi connectivity index (χ4v) is 2.77. The molecule has 0 atom stereocenters. The number of anilines is 1. The molecule has 0 bridgehead atoms. The number of H-pyrrole nitrogens is 1. The van der Waals surface area contributed by atoms with Crippen molar-refractivity contribution in [2.45, 2.75) is 6.92 Å². The van der Waals surface area contributed by atoms with Crippen molar-refractivity contribution in [3.8, 4) is 11.3 Å². The SMILES string of the molecule is Cc1cccn2cc(-c3ccc(NC(=O)c4ccc(=O)[nH]c4)cc3)nc12. The van der Waals surface area contributed by atoms with Crippen LogP contribution in [-0.4, -0.2) is 20.3 Å². The Kier molecular flexibility index (Phi) is 3.85. The Morgan fingerprint density at radius 1 is 1.12 bits per heavy atom. The Hall–Kier alpha value is -3.67. The summed E-state index contributed by atoms with van der Waals surface area (Å²) in [5.74, 6) is -0.280. The van der Waals surface area contributed by atoms with E-state index in [1.807, 2.05) is 60.1 Å². The minimum Gasteiger partial charge on any atom is -0.328 e. The molecule has 0 radical (unpaired) electrons. The van der Waals surface area contributed by atoms with Crippen molar-refractivity contribution in [3.05, 3.63) is 88.6 Å². The van der Waals surface area contributed by atoms with Crippen LogP contribution >= 0.6 is 0 Å². The van der Waals surface area contributed by atoms with Crippen molar-refractivity contribution >= 4 is 17.2 Å². The second-order valence-corrected chi connectivity index (χ2v) is 6.02. The van der Waals surface area contributed by atoms with E-state index in [1.54, 1.807) is 0 Å². The van der Waals surface area contributed by atoms with Gasteiger partial charge in [-0.1, -0.05) is 18.2 Å². The highest BCUT2D eigenvalue weighted by atomic mass is 16.1. The number of rotatable bonds is 3. The van der Waals surface area contributed by atoms with Gasteiger partial charge in [-0.05, 0) is 36.8 Å². The summed E-state index contributed by atoms with van der Waals surface area (Å²) in [5.41, 5.74) is 4.71. The van der Waals surface area contributed by atoms with Gasteiger partial charge in [0.25, 0.3) is 5.91 Å². The quantitative estimate of drug-likeness (QED) is 0.599. The summed E-state index contributed by atoms with van der Waals surface area (Å²) < 4.78 is 2.00. The highest BCUT2D eigenvalue weighted by Crippen LogP contribution is 2.22. The second-order valence-electron chi connectivity index (χ2n) is 6.02. The molecule has 0 aliphatic rings. The molecule has 0 aliphatic carbocycles. The minimum atomic E-state index is -0.280. The van der Waals surface area contributed by atoms with Crippen molar-refractivity contribution in [2.75, 3.05) is 5.32 Å². The lowest BCUT2D eigenvalue weighted by Gasteiger charge is -2.05. The zero-order valence-corrected chi connectivity index (χ0v) is 14.1. The number of aryl methyl sites for hydroxylation is 1. The average Bonchev–Trinajstić information content (AvgIpc) is 3.08. The van der Waals surface area contributed by atoms with Crippen LogP contribution in [0.4, 0.5) is 5.69 Å². The van der Waals surface area contributed by atoms with Crippen LogP contribution in [0.2, 0.25) is 0 Å². The Morgan fingerprint density at radius 2 is 1.92 bits per heavy atom. The highest BCUT2D eigenvalue weighted by Gasteiger charge is 2.08. The Bertz CT molecular complexity index is 1140. The predicted molar refractivity (Wildman–Crippen MR) is 100 cm³/mol. The van der Waals surface area contributed by atoms with Crippen molar-refractivity contribution in [1.82, 2.24) is 14.4 Å². The van der Waals surface area contributed by atoms with E-state index in [1.165, 1.54) is 18.3 Å². The standard InChI is InChI=1S/C20H16N4O2/c1-13-3-2-10-24-12-17(23-19(13)24)14-4-7-16(8-5-14)22-20(26)15-6-9-18(25)21-11-15/h2-12H,1H3,(H,21,25)(H,22,26). The van der Waals surface area contributed by atoms with Crippen LogP contribution in [0.5, 0.6) is 0 Å². The minimum absolute atomic E-state index is 0.242. The number of aromatic amines is 1. The fraction of sp³-hybridized carbons (Fsp3) is 0.0500. The number of aromatic nitrogens is 3. The first-order valence-electron chi connectivity index (χ1n) is 8.15. The molecule has 2 N–H and O–H groups in total. The lowest BCUT2D eigenvalue weighted by atomic mass is 10.1. The van der Waals surface area contributed by atoms with E-state index >= 15 is 0 Å². The topological polar surface area (TPSA) is 79.3 Å². The van der Waals surface area contributed by atoms with E-state index in [0.717, 1.165) is 22.5 Å². The Labute approximate surface area is 149 Å². The number of hydrogen-bond acceptors (Lipinski definition) is 3. The zero-order chi connectivity index (χ0) is 18.1. The van der Waals surface area contributed by atoms with Crippen LogP contribution < -0.4 is 10.9 Å². The van der Waals surface area contributed by atoms with E-state index in [2.05, 4.69) is 15.3 Å². The van der Waals surface area contributed by atoms with Gasteiger partial charge in [0, 0.05) is 35.9 Å². The number of carbonyl (C=O) groups excluding carboxylic acids is 1. The molecule has 6 nitrogen and oxygen atoms in total. The zero-order valence-electron chi connectivity index (χ0n) is 14.1. The molecule has 1 amide bonds. The molecule has 26 heavy (non-hydrogen) atoms. The monoisotopic (exact) mass is 344 g/mol. The summed E-state index contributed by atoms with van der Waals surface area (Å²) >= 11 is 0. The molecule has 6 heteroatoms. The van der Waals surface area contributed by atoms with Crippen LogP contribution in [0.15, 0.2) is 71.9 Å². The first-order valence-corrected chi connectivity index (χ1v) is 8.15. The molecule has 4 rings (SSSR count). The third-order valence-corrected chi connectivity index (χ3v) is 4.16. The summed E-state index contributed by atoms with van der Waals surface area (Å²) in [5, 5.41) is 2.81.